The van der Waals surface area contributed by atoms with Gasteiger partial charge in [0.05, 0.1) is 18.2 Å². The molecule has 2 N–H and O–H groups in total. The van der Waals surface area contributed by atoms with Gasteiger partial charge in [-0.2, -0.15) is 0 Å². The standard InChI is InChI=1S/C16H24N2O7/c1-6-22-13(19)8-7(2)17-15(20)18-9(8)10-11-12(14(21-5)23-10)25-16(3,4)24-11/h9-12,14H,6H2,1-5H3,(H2,17,18,20)/t9-,10+,11-,12-,14-/m0/s1. The number of hydrogen-bond donors (Lipinski definition) is 2. The van der Waals surface area contributed by atoms with E-state index in [9.17, 15) is 9.59 Å². The van der Waals surface area contributed by atoms with Gasteiger partial charge in [-0.3, -0.25) is 0 Å². The van der Waals surface area contributed by atoms with E-state index in [1.54, 1.807) is 27.7 Å². The Labute approximate surface area is 145 Å². The summed E-state index contributed by atoms with van der Waals surface area (Å²) in [7, 11) is 1.51. The Bertz CT molecular complexity index is 603. The summed E-state index contributed by atoms with van der Waals surface area (Å²) in [5.41, 5.74) is 0.724. The first-order valence-corrected chi connectivity index (χ1v) is 8.26. The van der Waals surface area contributed by atoms with Crippen molar-refractivity contribution in [3.63, 3.8) is 0 Å². The molecule has 9 heteroatoms. The first-order valence-electron chi connectivity index (χ1n) is 8.26. The number of ether oxygens (including phenoxy) is 5. The molecule has 9 nitrogen and oxygen atoms in total. The fourth-order valence-corrected chi connectivity index (χ4v) is 3.51. The number of amides is 2. The van der Waals surface area contributed by atoms with Crippen LogP contribution in [-0.2, 0) is 28.5 Å². The second-order valence-corrected chi connectivity index (χ2v) is 6.60. The van der Waals surface area contributed by atoms with Gasteiger partial charge < -0.3 is 34.3 Å². The Morgan fingerprint density at radius 3 is 2.56 bits per heavy atom. The van der Waals surface area contributed by atoms with Crippen LogP contribution in [-0.4, -0.2) is 62.1 Å². The molecule has 0 aliphatic carbocycles. The third-order valence-electron chi connectivity index (χ3n) is 4.41. The maximum atomic E-state index is 12.4. The van der Waals surface area contributed by atoms with E-state index in [0.29, 0.717) is 11.3 Å². The Balaban J connectivity index is 1.93. The summed E-state index contributed by atoms with van der Waals surface area (Å²) in [6.07, 6.45) is -2.27. The van der Waals surface area contributed by atoms with E-state index in [2.05, 4.69) is 10.6 Å². The third-order valence-corrected chi connectivity index (χ3v) is 4.41. The van der Waals surface area contributed by atoms with Gasteiger partial charge in [-0.25, -0.2) is 9.59 Å². The number of carbonyl (C=O) groups is 2. The minimum absolute atomic E-state index is 0.223. The maximum Gasteiger partial charge on any atom is 0.337 e. The van der Waals surface area contributed by atoms with E-state index in [4.69, 9.17) is 23.7 Å². The van der Waals surface area contributed by atoms with Crippen molar-refractivity contribution in [3.8, 4) is 0 Å². The van der Waals surface area contributed by atoms with Crippen LogP contribution in [0.15, 0.2) is 11.3 Å². The van der Waals surface area contributed by atoms with E-state index in [0.717, 1.165) is 0 Å². The van der Waals surface area contributed by atoms with Gasteiger partial charge in [0.1, 0.15) is 18.3 Å². The molecule has 2 fully saturated rings. The molecule has 3 aliphatic heterocycles. The number of urea groups is 1. The zero-order valence-electron chi connectivity index (χ0n) is 15.0. The molecule has 2 amide bonds. The van der Waals surface area contributed by atoms with Gasteiger partial charge >= 0.3 is 12.0 Å². The van der Waals surface area contributed by atoms with Crippen molar-refractivity contribution in [2.45, 2.75) is 64.1 Å². The van der Waals surface area contributed by atoms with Crippen molar-refractivity contribution in [2.75, 3.05) is 13.7 Å². The first kappa shape index (κ1) is 18.1. The Morgan fingerprint density at radius 1 is 1.24 bits per heavy atom. The van der Waals surface area contributed by atoms with Gasteiger partial charge in [0, 0.05) is 12.8 Å². The normalized spacial score (nSPS) is 36.7. The largest absolute Gasteiger partial charge is 0.463 e. The number of allylic oxidation sites excluding steroid dienone is 1. The quantitative estimate of drug-likeness (QED) is 0.703. The summed E-state index contributed by atoms with van der Waals surface area (Å²) in [6, 6.07) is -1.16. The second kappa shape index (κ2) is 6.56. The predicted molar refractivity (Wildman–Crippen MR) is 84.3 cm³/mol. The van der Waals surface area contributed by atoms with E-state index >= 15 is 0 Å². The van der Waals surface area contributed by atoms with Crippen LogP contribution < -0.4 is 10.6 Å². The van der Waals surface area contributed by atoms with E-state index in [1.807, 2.05) is 0 Å². The number of carbonyl (C=O) groups excluding carboxylic acids is 2. The highest BCUT2D eigenvalue weighted by Crippen LogP contribution is 2.41. The Kier molecular flexibility index (Phi) is 4.76. The van der Waals surface area contributed by atoms with Crippen LogP contribution in [0, 0.1) is 0 Å². The van der Waals surface area contributed by atoms with Gasteiger partial charge in [0.15, 0.2) is 12.1 Å². The first-order chi connectivity index (χ1) is 11.8. The summed E-state index contributed by atoms with van der Waals surface area (Å²) in [5.74, 6) is -1.33. The molecule has 2 saturated heterocycles. The molecule has 0 radical (unpaired) electrons. The lowest BCUT2D eigenvalue weighted by Gasteiger charge is -2.33. The molecule has 0 bridgehead atoms. The maximum absolute atomic E-state index is 12.4. The van der Waals surface area contributed by atoms with Crippen LogP contribution in [0.1, 0.15) is 27.7 Å². The predicted octanol–water partition coefficient (Wildman–Crippen LogP) is 0.396. The summed E-state index contributed by atoms with van der Waals surface area (Å²) in [4.78, 5) is 24.4. The number of nitrogens with one attached hydrogen (secondary N) is 2. The molecule has 0 unspecified atom stereocenters. The molecule has 0 aromatic rings. The molecular weight excluding hydrogens is 332 g/mol. The van der Waals surface area contributed by atoms with Crippen molar-refractivity contribution in [3.05, 3.63) is 11.3 Å². The molecule has 0 aromatic heterocycles. The molecule has 0 aromatic carbocycles. The molecule has 5 atom stereocenters. The SMILES string of the molecule is CCOC(=O)C1=C(C)NC(=O)N[C@@H]1[C@H]1O[C@H](OC)[C@H]2OC(C)(C)O[C@H]21. The third kappa shape index (κ3) is 3.24. The lowest BCUT2D eigenvalue weighted by molar-refractivity contribution is -0.228. The zero-order chi connectivity index (χ0) is 18.4. The van der Waals surface area contributed by atoms with Crippen molar-refractivity contribution >= 4 is 12.0 Å². The minimum atomic E-state index is -0.812. The highest BCUT2D eigenvalue weighted by molar-refractivity contribution is 5.94. The molecule has 25 heavy (non-hydrogen) atoms. The van der Waals surface area contributed by atoms with E-state index in [1.165, 1.54) is 7.11 Å². The van der Waals surface area contributed by atoms with Crippen LogP contribution in [0.25, 0.3) is 0 Å². The molecular formula is C16H24N2O7. The van der Waals surface area contributed by atoms with Gasteiger partial charge in [0.2, 0.25) is 0 Å². The molecule has 140 valence electrons. The van der Waals surface area contributed by atoms with Crippen LogP contribution in [0.3, 0.4) is 0 Å². The number of rotatable bonds is 4. The summed E-state index contributed by atoms with van der Waals surface area (Å²) in [6.45, 7) is 7.18. The molecule has 3 rings (SSSR count). The average molecular weight is 356 g/mol. The molecule has 0 saturated carbocycles. The van der Waals surface area contributed by atoms with Crippen LogP contribution in [0.5, 0.6) is 0 Å². The van der Waals surface area contributed by atoms with Crippen molar-refractivity contribution in [1.82, 2.24) is 10.6 Å². The summed E-state index contributed by atoms with van der Waals surface area (Å²) >= 11 is 0. The molecule has 3 heterocycles. The topological polar surface area (TPSA) is 104 Å². The zero-order valence-corrected chi connectivity index (χ0v) is 15.0. The average Bonchev–Trinajstić information content (AvgIpc) is 2.99. The fraction of sp³-hybridized carbons (Fsp3) is 0.750. The van der Waals surface area contributed by atoms with Crippen molar-refractivity contribution in [2.24, 2.45) is 0 Å². The second-order valence-electron chi connectivity index (χ2n) is 6.60. The van der Waals surface area contributed by atoms with Gasteiger partial charge in [-0.1, -0.05) is 0 Å². The van der Waals surface area contributed by atoms with Crippen LogP contribution in [0.4, 0.5) is 4.79 Å². The lowest BCUT2D eigenvalue weighted by atomic mass is 9.94. The molecule has 0 spiro atoms. The van der Waals surface area contributed by atoms with Crippen LogP contribution >= 0.6 is 0 Å². The minimum Gasteiger partial charge on any atom is -0.463 e. The smallest absolute Gasteiger partial charge is 0.337 e. The monoisotopic (exact) mass is 356 g/mol. The summed E-state index contributed by atoms with van der Waals surface area (Å²) in [5, 5.41) is 5.33. The van der Waals surface area contributed by atoms with E-state index in [-0.39, 0.29) is 6.61 Å². The van der Waals surface area contributed by atoms with Gasteiger partial charge in [0.25, 0.3) is 0 Å². The van der Waals surface area contributed by atoms with Crippen molar-refractivity contribution in [1.29, 1.82) is 0 Å². The lowest BCUT2D eigenvalue weighted by Crippen LogP contribution is -2.57. The number of esters is 1. The number of methoxy groups -OCH3 is 1. The number of hydrogen-bond acceptors (Lipinski definition) is 7. The highest BCUT2D eigenvalue weighted by Gasteiger charge is 2.59. The molecule has 3 aliphatic rings. The highest BCUT2D eigenvalue weighted by atomic mass is 16.8. The fourth-order valence-electron chi connectivity index (χ4n) is 3.51. The Hall–Kier alpha value is -1.68. The van der Waals surface area contributed by atoms with Crippen LogP contribution in [0.2, 0.25) is 0 Å². The number of fused-ring (bicyclic) bond motifs is 1. The van der Waals surface area contributed by atoms with Gasteiger partial charge in [-0.05, 0) is 27.7 Å². The van der Waals surface area contributed by atoms with E-state index < -0.39 is 48.4 Å². The van der Waals surface area contributed by atoms with Gasteiger partial charge in [-0.15, -0.1) is 0 Å². The van der Waals surface area contributed by atoms with Crippen molar-refractivity contribution < 1.29 is 33.3 Å². The Morgan fingerprint density at radius 2 is 1.92 bits per heavy atom. The summed E-state index contributed by atoms with van der Waals surface area (Å²) < 4.78 is 28.2.